The Morgan fingerprint density at radius 2 is 2.00 bits per heavy atom. The van der Waals surface area contributed by atoms with Crippen LogP contribution in [0.5, 0.6) is 0 Å². The van der Waals surface area contributed by atoms with Gasteiger partial charge in [-0.05, 0) is 12.5 Å². The summed E-state index contributed by atoms with van der Waals surface area (Å²) in [4.78, 5) is 16.7. The topological polar surface area (TPSA) is 29.5 Å². The Balaban J connectivity index is 2.82. The van der Waals surface area contributed by atoms with Crippen LogP contribution in [0.25, 0.3) is 0 Å². The molecule has 0 saturated heterocycles. The SMILES string of the molecule is CCC(=O)N(OC)[C@H](C)c1ccccc1. The number of rotatable bonds is 4. The highest BCUT2D eigenvalue weighted by Gasteiger charge is 2.19. The van der Waals surface area contributed by atoms with Crippen LogP contribution in [0.15, 0.2) is 30.3 Å². The van der Waals surface area contributed by atoms with Crippen molar-refractivity contribution in [3.8, 4) is 0 Å². The molecule has 0 aromatic heterocycles. The predicted octanol–water partition coefficient (Wildman–Crippen LogP) is 2.55. The molecule has 0 saturated carbocycles. The second-order valence-corrected chi connectivity index (χ2v) is 3.34. The molecule has 82 valence electrons. The first-order chi connectivity index (χ1) is 7.20. The molecule has 0 spiro atoms. The molecule has 0 unspecified atom stereocenters. The van der Waals surface area contributed by atoms with Crippen molar-refractivity contribution in [2.45, 2.75) is 26.3 Å². The van der Waals surface area contributed by atoms with Crippen LogP contribution in [0.4, 0.5) is 0 Å². The number of nitrogens with zero attached hydrogens (tertiary/aromatic N) is 1. The molecule has 0 bridgehead atoms. The van der Waals surface area contributed by atoms with Gasteiger partial charge in [0.05, 0.1) is 13.2 Å². The van der Waals surface area contributed by atoms with Crippen molar-refractivity contribution in [2.75, 3.05) is 7.11 Å². The van der Waals surface area contributed by atoms with E-state index >= 15 is 0 Å². The zero-order valence-electron chi connectivity index (χ0n) is 9.43. The lowest BCUT2D eigenvalue weighted by molar-refractivity contribution is -0.187. The summed E-state index contributed by atoms with van der Waals surface area (Å²) in [6.07, 6.45) is 0.449. The molecule has 1 atom stereocenters. The fraction of sp³-hybridized carbons (Fsp3) is 0.417. The van der Waals surface area contributed by atoms with E-state index in [0.717, 1.165) is 5.56 Å². The monoisotopic (exact) mass is 207 g/mol. The minimum atomic E-state index is -0.0522. The molecule has 1 rings (SSSR count). The van der Waals surface area contributed by atoms with Crippen LogP contribution >= 0.6 is 0 Å². The summed E-state index contributed by atoms with van der Waals surface area (Å²) in [5.74, 6) is -0.00569. The molecule has 0 N–H and O–H groups in total. The smallest absolute Gasteiger partial charge is 0.246 e. The molecule has 0 aliphatic heterocycles. The Hall–Kier alpha value is -1.35. The maximum atomic E-state index is 11.6. The van der Waals surface area contributed by atoms with Crippen molar-refractivity contribution >= 4 is 5.91 Å². The zero-order chi connectivity index (χ0) is 11.3. The highest BCUT2D eigenvalue weighted by Crippen LogP contribution is 2.20. The number of hydroxylamine groups is 2. The molecule has 3 heteroatoms. The van der Waals surface area contributed by atoms with E-state index in [1.165, 1.54) is 12.2 Å². The Morgan fingerprint density at radius 3 is 2.47 bits per heavy atom. The molecule has 15 heavy (non-hydrogen) atoms. The van der Waals surface area contributed by atoms with Crippen molar-refractivity contribution in [3.63, 3.8) is 0 Å². The Kier molecular flexibility index (Phi) is 4.31. The highest BCUT2D eigenvalue weighted by atomic mass is 16.7. The summed E-state index contributed by atoms with van der Waals surface area (Å²) >= 11 is 0. The van der Waals surface area contributed by atoms with Crippen LogP contribution in [-0.2, 0) is 9.63 Å². The van der Waals surface area contributed by atoms with Crippen molar-refractivity contribution in [2.24, 2.45) is 0 Å². The van der Waals surface area contributed by atoms with Crippen LogP contribution < -0.4 is 0 Å². The van der Waals surface area contributed by atoms with Crippen molar-refractivity contribution in [3.05, 3.63) is 35.9 Å². The van der Waals surface area contributed by atoms with E-state index in [1.54, 1.807) is 0 Å². The standard InChI is InChI=1S/C12H17NO2/c1-4-12(14)13(15-3)10(2)11-8-6-5-7-9-11/h5-10H,4H2,1-3H3/t10-/m1/s1. The van der Waals surface area contributed by atoms with Gasteiger partial charge in [0, 0.05) is 6.42 Å². The van der Waals surface area contributed by atoms with Gasteiger partial charge < -0.3 is 0 Å². The third-order valence-corrected chi connectivity index (χ3v) is 2.38. The van der Waals surface area contributed by atoms with Gasteiger partial charge in [0.2, 0.25) is 5.91 Å². The van der Waals surface area contributed by atoms with Gasteiger partial charge >= 0.3 is 0 Å². The first-order valence-corrected chi connectivity index (χ1v) is 5.11. The number of amides is 1. The number of benzene rings is 1. The van der Waals surface area contributed by atoms with Crippen molar-refractivity contribution < 1.29 is 9.63 Å². The molecule has 0 aliphatic rings. The summed E-state index contributed by atoms with van der Waals surface area (Å²) in [7, 11) is 1.52. The Labute approximate surface area is 90.6 Å². The maximum absolute atomic E-state index is 11.6. The lowest BCUT2D eigenvalue weighted by Gasteiger charge is -2.26. The van der Waals surface area contributed by atoms with Gasteiger partial charge in [0.25, 0.3) is 0 Å². The molecule has 0 fully saturated rings. The van der Waals surface area contributed by atoms with Crippen LogP contribution in [-0.4, -0.2) is 18.1 Å². The number of hydrogen-bond donors (Lipinski definition) is 0. The molecular formula is C12H17NO2. The predicted molar refractivity (Wildman–Crippen MR) is 59.0 cm³/mol. The lowest BCUT2D eigenvalue weighted by atomic mass is 10.1. The van der Waals surface area contributed by atoms with Gasteiger partial charge in [-0.15, -0.1) is 0 Å². The van der Waals surface area contributed by atoms with E-state index in [-0.39, 0.29) is 11.9 Å². The normalized spacial score (nSPS) is 12.2. The summed E-state index contributed by atoms with van der Waals surface area (Å²) in [5.41, 5.74) is 1.07. The average molecular weight is 207 g/mol. The minimum absolute atomic E-state index is 0.00569. The van der Waals surface area contributed by atoms with E-state index in [9.17, 15) is 4.79 Å². The number of hydrogen-bond acceptors (Lipinski definition) is 2. The first kappa shape index (κ1) is 11.7. The third kappa shape index (κ3) is 2.80. The maximum Gasteiger partial charge on any atom is 0.246 e. The molecule has 1 aromatic carbocycles. The number of carbonyl (C=O) groups excluding carboxylic acids is 1. The molecule has 0 aliphatic carbocycles. The van der Waals surface area contributed by atoms with Crippen molar-refractivity contribution in [1.82, 2.24) is 5.06 Å². The van der Waals surface area contributed by atoms with Gasteiger partial charge in [0.15, 0.2) is 0 Å². The lowest BCUT2D eigenvalue weighted by Crippen LogP contribution is -2.31. The van der Waals surface area contributed by atoms with Crippen LogP contribution in [0.2, 0.25) is 0 Å². The quantitative estimate of drug-likeness (QED) is 0.710. The van der Waals surface area contributed by atoms with Crippen LogP contribution in [0.1, 0.15) is 31.9 Å². The highest BCUT2D eigenvalue weighted by molar-refractivity contribution is 5.75. The second-order valence-electron chi connectivity index (χ2n) is 3.34. The third-order valence-electron chi connectivity index (χ3n) is 2.38. The first-order valence-electron chi connectivity index (χ1n) is 5.11. The van der Waals surface area contributed by atoms with Crippen LogP contribution in [0, 0.1) is 0 Å². The summed E-state index contributed by atoms with van der Waals surface area (Å²) in [5, 5.41) is 1.41. The van der Waals surface area contributed by atoms with Gasteiger partial charge in [-0.3, -0.25) is 9.63 Å². The minimum Gasteiger partial charge on any atom is -0.274 e. The van der Waals surface area contributed by atoms with Crippen LogP contribution in [0.3, 0.4) is 0 Å². The van der Waals surface area contributed by atoms with Gasteiger partial charge in [-0.1, -0.05) is 37.3 Å². The number of carbonyl (C=O) groups is 1. The van der Waals surface area contributed by atoms with E-state index in [0.29, 0.717) is 6.42 Å². The van der Waals surface area contributed by atoms with E-state index < -0.39 is 0 Å². The summed E-state index contributed by atoms with van der Waals surface area (Å²) in [6, 6.07) is 9.78. The van der Waals surface area contributed by atoms with Crippen molar-refractivity contribution in [1.29, 1.82) is 0 Å². The molecule has 0 radical (unpaired) electrons. The zero-order valence-corrected chi connectivity index (χ0v) is 9.43. The molecule has 1 amide bonds. The largest absolute Gasteiger partial charge is 0.274 e. The molecule has 0 heterocycles. The van der Waals surface area contributed by atoms with Gasteiger partial charge in [-0.2, -0.15) is 0 Å². The van der Waals surface area contributed by atoms with E-state index in [2.05, 4.69) is 0 Å². The van der Waals surface area contributed by atoms with Gasteiger partial charge in [0.1, 0.15) is 0 Å². The van der Waals surface area contributed by atoms with Gasteiger partial charge in [-0.25, -0.2) is 5.06 Å². The molecule has 3 nitrogen and oxygen atoms in total. The molecule has 1 aromatic rings. The second kappa shape index (κ2) is 5.51. The summed E-state index contributed by atoms with van der Waals surface area (Å²) < 4.78 is 0. The molecular weight excluding hydrogens is 190 g/mol. The van der Waals surface area contributed by atoms with E-state index in [4.69, 9.17) is 4.84 Å². The average Bonchev–Trinajstić information content (AvgIpc) is 2.30. The van der Waals surface area contributed by atoms with E-state index in [1.807, 2.05) is 44.2 Å². The Bertz CT molecular complexity index is 311. The fourth-order valence-electron chi connectivity index (χ4n) is 1.50. The fourth-order valence-corrected chi connectivity index (χ4v) is 1.50. The summed E-state index contributed by atoms with van der Waals surface area (Å²) in [6.45, 7) is 3.78. The Morgan fingerprint density at radius 1 is 1.40 bits per heavy atom.